The molecule has 1 fully saturated rings. The maximum absolute atomic E-state index is 13.7. The molecule has 1 aliphatic rings. The summed E-state index contributed by atoms with van der Waals surface area (Å²) >= 11 is 0. The van der Waals surface area contributed by atoms with Gasteiger partial charge < -0.3 is 5.11 Å². The number of amides is 2. The predicted octanol–water partition coefficient (Wildman–Crippen LogP) is 5.03. The number of allylic oxidation sites excluding steroid dienone is 2. The number of nitrogens with zero attached hydrogens (tertiary/aromatic N) is 4. The average molecular weight is 554 g/mol. The standard InChI is InChI=1S/C34H26N4O4/c1-24(22-29-31(39)35(25-14-6-2-7-15-25)36(32(29)40)26-16-8-3-9-17-26)23-30-33(41)37(27-18-10-4-11-19-27)38(34(30)42)28-20-12-5-13-21-28/h2-23,39H,1H3/p-1/b24-22+. The fraction of sp³-hybridized carbons (Fsp3) is 0.0294. The summed E-state index contributed by atoms with van der Waals surface area (Å²) in [4.78, 5) is 41.1. The number of rotatable bonds is 6. The van der Waals surface area contributed by atoms with Crippen LogP contribution >= 0.6 is 0 Å². The quantitative estimate of drug-likeness (QED) is 0.218. The second-order valence-corrected chi connectivity index (χ2v) is 9.67. The summed E-state index contributed by atoms with van der Waals surface area (Å²) < 4.78 is 2.65. The van der Waals surface area contributed by atoms with Crippen molar-refractivity contribution in [3.63, 3.8) is 0 Å². The third-order valence-electron chi connectivity index (χ3n) is 6.84. The number of carbonyl (C=O) groups excluding carboxylic acids is 2. The molecule has 0 bridgehead atoms. The van der Waals surface area contributed by atoms with E-state index in [9.17, 15) is 19.5 Å². The first-order valence-corrected chi connectivity index (χ1v) is 13.3. The minimum absolute atomic E-state index is 0.0882. The van der Waals surface area contributed by atoms with Crippen molar-refractivity contribution in [1.82, 2.24) is 9.36 Å². The number of aromatic nitrogens is 2. The second kappa shape index (κ2) is 10.9. The van der Waals surface area contributed by atoms with Gasteiger partial charge in [0.05, 0.1) is 28.3 Å². The Kier molecular flexibility index (Phi) is 6.86. The highest BCUT2D eigenvalue weighted by Gasteiger charge is 2.42. The molecule has 8 heteroatoms. The van der Waals surface area contributed by atoms with Crippen LogP contribution in [-0.2, 0) is 9.59 Å². The van der Waals surface area contributed by atoms with Gasteiger partial charge in [-0.3, -0.25) is 19.1 Å². The highest BCUT2D eigenvalue weighted by Crippen LogP contribution is 2.32. The Hall–Kier alpha value is -5.89. The summed E-state index contributed by atoms with van der Waals surface area (Å²) in [5.41, 5.74) is 1.80. The van der Waals surface area contributed by atoms with E-state index in [1.165, 1.54) is 31.5 Å². The van der Waals surface area contributed by atoms with Crippen molar-refractivity contribution in [2.75, 3.05) is 10.0 Å². The van der Waals surface area contributed by atoms with Gasteiger partial charge in [-0.2, -0.15) is 0 Å². The molecule has 0 saturated carbocycles. The first-order chi connectivity index (χ1) is 20.5. The number of benzene rings is 4. The molecule has 206 valence electrons. The Morgan fingerprint density at radius 3 is 1.38 bits per heavy atom. The zero-order chi connectivity index (χ0) is 29.2. The van der Waals surface area contributed by atoms with Gasteiger partial charge in [-0.1, -0.05) is 72.8 Å². The minimum Gasteiger partial charge on any atom is -0.858 e. The highest BCUT2D eigenvalue weighted by atomic mass is 16.3. The lowest BCUT2D eigenvalue weighted by molar-refractivity contribution is -0.278. The van der Waals surface area contributed by atoms with Crippen molar-refractivity contribution in [2.24, 2.45) is 0 Å². The Balaban J connectivity index is 1.46. The van der Waals surface area contributed by atoms with Crippen LogP contribution in [0.25, 0.3) is 17.5 Å². The zero-order valence-electron chi connectivity index (χ0n) is 22.6. The number of carbonyl (C=O) groups is 2. The molecule has 1 saturated heterocycles. The second-order valence-electron chi connectivity index (χ2n) is 9.67. The van der Waals surface area contributed by atoms with Crippen molar-refractivity contribution in [1.29, 1.82) is 0 Å². The van der Waals surface area contributed by atoms with Gasteiger partial charge in [-0.25, -0.2) is 14.7 Å². The highest BCUT2D eigenvalue weighted by molar-refractivity contribution is 6.36. The summed E-state index contributed by atoms with van der Waals surface area (Å²) in [5, 5.41) is 16.3. The van der Waals surface area contributed by atoms with E-state index in [-0.39, 0.29) is 11.1 Å². The Bertz CT molecular complexity index is 1830. The summed E-state index contributed by atoms with van der Waals surface area (Å²) in [7, 11) is 0. The van der Waals surface area contributed by atoms with E-state index in [0.29, 0.717) is 28.3 Å². The lowest BCUT2D eigenvalue weighted by atomic mass is 10.1. The fourth-order valence-electron chi connectivity index (χ4n) is 4.95. The number of hydrazine groups is 1. The number of hydrogen-bond acceptors (Lipinski definition) is 4. The van der Waals surface area contributed by atoms with E-state index < -0.39 is 23.3 Å². The molecule has 0 N–H and O–H groups in total. The maximum Gasteiger partial charge on any atom is 0.283 e. The van der Waals surface area contributed by atoms with Gasteiger partial charge in [0.25, 0.3) is 17.4 Å². The van der Waals surface area contributed by atoms with E-state index in [2.05, 4.69) is 0 Å². The lowest BCUT2D eigenvalue weighted by Gasteiger charge is -2.27. The van der Waals surface area contributed by atoms with Gasteiger partial charge in [0.1, 0.15) is 5.57 Å². The fourth-order valence-corrected chi connectivity index (χ4v) is 4.95. The molecule has 2 amide bonds. The molecule has 1 aromatic heterocycles. The molecule has 0 radical (unpaired) electrons. The van der Waals surface area contributed by atoms with E-state index in [0.717, 1.165) is 0 Å². The predicted molar refractivity (Wildman–Crippen MR) is 160 cm³/mol. The zero-order valence-corrected chi connectivity index (χ0v) is 22.6. The number of anilines is 2. The monoisotopic (exact) mass is 553 g/mol. The molecule has 0 aliphatic carbocycles. The normalized spacial score (nSPS) is 13.6. The van der Waals surface area contributed by atoms with Crippen molar-refractivity contribution >= 4 is 29.3 Å². The maximum atomic E-state index is 13.7. The van der Waals surface area contributed by atoms with E-state index in [1.54, 1.807) is 104 Å². The van der Waals surface area contributed by atoms with Gasteiger partial charge in [-0.15, -0.1) is 0 Å². The van der Waals surface area contributed by atoms with Crippen molar-refractivity contribution in [2.45, 2.75) is 6.92 Å². The largest absolute Gasteiger partial charge is 0.858 e. The van der Waals surface area contributed by atoms with Crippen LogP contribution in [-0.4, -0.2) is 21.2 Å². The van der Waals surface area contributed by atoms with Crippen LogP contribution in [0.4, 0.5) is 11.4 Å². The molecule has 0 atom stereocenters. The minimum atomic E-state index is -0.520. The van der Waals surface area contributed by atoms with Gasteiger partial charge >= 0.3 is 0 Å². The third-order valence-corrected chi connectivity index (χ3v) is 6.84. The molecule has 8 nitrogen and oxygen atoms in total. The molecule has 6 rings (SSSR count). The van der Waals surface area contributed by atoms with Crippen LogP contribution in [0.2, 0.25) is 0 Å². The van der Waals surface area contributed by atoms with Crippen molar-refractivity contribution in [3.05, 3.63) is 154 Å². The molecule has 4 aromatic carbocycles. The summed E-state index contributed by atoms with van der Waals surface area (Å²) in [6.07, 6.45) is 2.85. The van der Waals surface area contributed by atoms with Crippen LogP contribution in [0.3, 0.4) is 0 Å². The molecule has 42 heavy (non-hydrogen) atoms. The molecule has 2 heterocycles. The SMILES string of the molecule is C/C(C=C1C(=O)N(c2ccccc2)N(c2ccccc2)C1=O)=C\c1c([O-])n(-c2ccccc2)n(-c2ccccc2)c1=O. The smallest absolute Gasteiger partial charge is 0.283 e. The first-order valence-electron chi connectivity index (χ1n) is 13.3. The van der Waals surface area contributed by atoms with Crippen LogP contribution in [0.5, 0.6) is 5.88 Å². The molecular formula is C34H25N4O4-. The van der Waals surface area contributed by atoms with Crippen LogP contribution < -0.4 is 20.7 Å². The lowest BCUT2D eigenvalue weighted by Crippen LogP contribution is -2.41. The number of hydrogen-bond donors (Lipinski definition) is 0. The van der Waals surface area contributed by atoms with E-state index >= 15 is 0 Å². The summed E-state index contributed by atoms with van der Waals surface area (Å²) in [5.74, 6) is -1.56. The Morgan fingerprint density at radius 2 is 0.952 bits per heavy atom. The van der Waals surface area contributed by atoms with Gasteiger partial charge in [-0.05, 0) is 73.2 Å². The molecule has 5 aromatic rings. The van der Waals surface area contributed by atoms with Crippen molar-refractivity contribution in [3.8, 4) is 17.3 Å². The third kappa shape index (κ3) is 4.61. The topological polar surface area (TPSA) is 90.6 Å². The van der Waals surface area contributed by atoms with Crippen LogP contribution in [0.15, 0.2) is 143 Å². The van der Waals surface area contributed by atoms with Gasteiger partial charge in [0, 0.05) is 5.88 Å². The van der Waals surface area contributed by atoms with Crippen LogP contribution in [0.1, 0.15) is 12.5 Å². The number of para-hydroxylation sites is 4. The average Bonchev–Trinajstić information content (AvgIpc) is 3.42. The Morgan fingerprint density at radius 1 is 0.571 bits per heavy atom. The first kappa shape index (κ1) is 26.3. The molecule has 0 unspecified atom stereocenters. The van der Waals surface area contributed by atoms with Crippen molar-refractivity contribution < 1.29 is 14.7 Å². The Labute approximate surface area is 241 Å². The van der Waals surface area contributed by atoms with Gasteiger partial charge in [0.2, 0.25) is 0 Å². The van der Waals surface area contributed by atoms with E-state index in [1.807, 2.05) is 24.3 Å². The molecule has 1 aliphatic heterocycles. The van der Waals surface area contributed by atoms with Crippen LogP contribution in [0, 0.1) is 0 Å². The molecule has 0 spiro atoms. The van der Waals surface area contributed by atoms with E-state index in [4.69, 9.17) is 0 Å². The summed E-state index contributed by atoms with van der Waals surface area (Å²) in [6.45, 7) is 1.65. The summed E-state index contributed by atoms with van der Waals surface area (Å²) in [6, 6.07) is 35.5. The van der Waals surface area contributed by atoms with Gasteiger partial charge in [0.15, 0.2) is 0 Å². The molecular weight excluding hydrogens is 528 g/mol.